The van der Waals surface area contributed by atoms with E-state index in [4.69, 9.17) is 18.9 Å². The first-order chi connectivity index (χ1) is 18.5. The number of aromatic hydroxyl groups is 1. The van der Waals surface area contributed by atoms with E-state index in [1.165, 1.54) is 26.4 Å². The molecular weight excluding hydrogens is 516 g/mol. The molecule has 1 fully saturated rings. The Kier molecular flexibility index (Phi) is 10.2. The summed E-state index contributed by atoms with van der Waals surface area (Å²) in [7, 11) is 2.79. The first-order valence-corrected chi connectivity index (χ1v) is 12.2. The van der Waals surface area contributed by atoms with Crippen LogP contribution < -0.4 is 14.2 Å². The maximum atomic E-state index is 12.4. The molecule has 1 saturated heterocycles. The van der Waals surface area contributed by atoms with Gasteiger partial charge in [0.1, 0.15) is 29.9 Å². The van der Waals surface area contributed by atoms with Gasteiger partial charge in [0.15, 0.2) is 29.1 Å². The lowest BCUT2D eigenvalue weighted by atomic mass is 9.99. The smallest absolute Gasteiger partial charge is 0.335 e. The number of aliphatic hydroxyl groups excluding tert-OH is 3. The van der Waals surface area contributed by atoms with Crippen LogP contribution in [0.1, 0.15) is 30.4 Å². The molecule has 5 N–H and O–H groups in total. The van der Waals surface area contributed by atoms with Crippen LogP contribution in [0.5, 0.6) is 23.0 Å². The standard InChI is InChI=1S/C27H32O12/c1-36-20-11-14(5-9-18(20)30)3-7-16(28)13-17(29)8-4-15-6-10-19(21(12-15)37-2)38-27-24(33)22(31)23(32)25(39-27)26(34)35/h5-6,9-12,22-25,27,30-33H,3-4,7-8,13H2,1-2H3,(H,34,35)/t22-,23-,24+,25-,27+/m0/s1. The zero-order chi connectivity index (χ0) is 28.7. The number of carboxylic acid groups (broad SMARTS) is 1. The molecule has 12 heteroatoms. The van der Waals surface area contributed by atoms with Crippen molar-refractivity contribution in [3.8, 4) is 23.0 Å². The second-order valence-corrected chi connectivity index (χ2v) is 9.10. The molecule has 0 amide bonds. The number of phenolic OH excluding ortho intramolecular Hbond substituents is 1. The third kappa shape index (κ3) is 7.67. The van der Waals surface area contributed by atoms with Gasteiger partial charge in [-0.15, -0.1) is 0 Å². The number of ether oxygens (including phenoxy) is 4. The summed E-state index contributed by atoms with van der Waals surface area (Å²) in [4.78, 5) is 36.0. The van der Waals surface area contributed by atoms with Gasteiger partial charge in [0.2, 0.25) is 6.29 Å². The number of Topliss-reactive ketones (excluding diaryl/α,β-unsaturated/α-hetero) is 2. The van der Waals surface area contributed by atoms with Crippen molar-refractivity contribution in [2.45, 2.75) is 62.8 Å². The highest BCUT2D eigenvalue weighted by Gasteiger charge is 2.48. The van der Waals surface area contributed by atoms with Gasteiger partial charge in [-0.3, -0.25) is 9.59 Å². The third-order valence-electron chi connectivity index (χ3n) is 6.31. The number of aliphatic hydroxyl groups is 3. The van der Waals surface area contributed by atoms with Crippen LogP contribution >= 0.6 is 0 Å². The van der Waals surface area contributed by atoms with E-state index in [2.05, 4.69) is 0 Å². The van der Waals surface area contributed by atoms with Crippen molar-refractivity contribution >= 4 is 17.5 Å². The topological polar surface area (TPSA) is 189 Å². The van der Waals surface area contributed by atoms with Gasteiger partial charge in [-0.05, 0) is 48.2 Å². The predicted molar refractivity (Wildman–Crippen MR) is 134 cm³/mol. The molecule has 0 saturated carbocycles. The van der Waals surface area contributed by atoms with Crippen LogP contribution in [0.15, 0.2) is 36.4 Å². The van der Waals surface area contributed by atoms with Crippen molar-refractivity contribution in [3.05, 3.63) is 47.5 Å². The Balaban J connectivity index is 1.53. The van der Waals surface area contributed by atoms with E-state index < -0.39 is 36.7 Å². The van der Waals surface area contributed by atoms with Crippen molar-refractivity contribution in [1.82, 2.24) is 0 Å². The van der Waals surface area contributed by atoms with E-state index in [1.54, 1.807) is 24.3 Å². The number of carbonyl (C=O) groups is 3. The second kappa shape index (κ2) is 13.4. The Morgan fingerprint density at radius 1 is 0.795 bits per heavy atom. The average molecular weight is 549 g/mol. The monoisotopic (exact) mass is 548 g/mol. The van der Waals surface area contributed by atoms with Gasteiger partial charge in [0, 0.05) is 12.8 Å². The number of carboxylic acids is 1. The lowest BCUT2D eigenvalue weighted by molar-refractivity contribution is -0.271. The summed E-state index contributed by atoms with van der Waals surface area (Å²) in [6.07, 6.45) is -8.00. The van der Waals surface area contributed by atoms with Crippen LogP contribution in [0.25, 0.3) is 0 Å². The van der Waals surface area contributed by atoms with Gasteiger partial charge in [-0.2, -0.15) is 0 Å². The lowest BCUT2D eigenvalue weighted by Crippen LogP contribution is -2.61. The van der Waals surface area contributed by atoms with Crippen molar-refractivity contribution in [2.24, 2.45) is 0 Å². The Morgan fingerprint density at radius 2 is 1.36 bits per heavy atom. The highest BCUT2D eigenvalue weighted by molar-refractivity contribution is 5.99. The summed E-state index contributed by atoms with van der Waals surface area (Å²) in [5.41, 5.74) is 1.50. The first-order valence-electron chi connectivity index (χ1n) is 12.2. The molecule has 1 aliphatic heterocycles. The maximum Gasteiger partial charge on any atom is 0.335 e. The normalized spacial score (nSPS) is 22.6. The molecule has 212 valence electrons. The Labute approximate surface area is 224 Å². The molecule has 0 aliphatic carbocycles. The summed E-state index contributed by atoms with van der Waals surface area (Å²) >= 11 is 0. The first kappa shape index (κ1) is 29.8. The van der Waals surface area contributed by atoms with Crippen molar-refractivity contribution in [3.63, 3.8) is 0 Å². The van der Waals surface area contributed by atoms with E-state index >= 15 is 0 Å². The zero-order valence-electron chi connectivity index (χ0n) is 21.5. The molecular formula is C27H32O12. The maximum absolute atomic E-state index is 12.4. The summed E-state index contributed by atoms with van der Waals surface area (Å²) in [5.74, 6) is -1.38. The summed E-state index contributed by atoms with van der Waals surface area (Å²) < 4.78 is 21.0. The number of ketones is 2. The van der Waals surface area contributed by atoms with E-state index in [1.807, 2.05) is 0 Å². The van der Waals surface area contributed by atoms with Crippen LogP contribution in [-0.2, 0) is 32.0 Å². The fourth-order valence-electron chi connectivity index (χ4n) is 4.08. The number of rotatable bonds is 13. The van der Waals surface area contributed by atoms with E-state index in [9.17, 15) is 39.9 Å². The van der Waals surface area contributed by atoms with Gasteiger partial charge in [0.05, 0.1) is 20.6 Å². The molecule has 1 heterocycles. The van der Waals surface area contributed by atoms with Crippen molar-refractivity contribution in [2.75, 3.05) is 14.2 Å². The van der Waals surface area contributed by atoms with Gasteiger partial charge in [-0.25, -0.2) is 4.79 Å². The number of hydrogen-bond donors (Lipinski definition) is 5. The highest BCUT2D eigenvalue weighted by Crippen LogP contribution is 2.32. The van der Waals surface area contributed by atoms with Gasteiger partial charge >= 0.3 is 5.97 Å². The van der Waals surface area contributed by atoms with Crippen LogP contribution in [0.4, 0.5) is 0 Å². The van der Waals surface area contributed by atoms with Gasteiger partial charge in [-0.1, -0.05) is 12.1 Å². The van der Waals surface area contributed by atoms with Gasteiger partial charge in [0.25, 0.3) is 0 Å². The van der Waals surface area contributed by atoms with Crippen LogP contribution in [0.3, 0.4) is 0 Å². The molecule has 3 rings (SSSR count). The minimum absolute atomic E-state index is 0.00403. The van der Waals surface area contributed by atoms with Crippen LogP contribution in [-0.4, -0.2) is 88.0 Å². The Morgan fingerprint density at radius 3 is 1.92 bits per heavy atom. The lowest BCUT2D eigenvalue weighted by Gasteiger charge is -2.38. The molecule has 39 heavy (non-hydrogen) atoms. The van der Waals surface area contributed by atoms with Crippen LogP contribution in [0, 0.1) is 0 Å². The second-order valence-electron chi connectivity index (χ2n) is 9.10. The number of aliphatic carboxylic acids is 1. The van der Waals surface area contributed by atoms with Crippen molar-refractivity contribution < 1.29 is 58.9 Å². The molecule has 12 nitrogen and oxygen atoms in total. The largest absolute Gasteiger partial charge is 0.504 e. The van der Waals surface area contributed by atoms with Crippen LogP contribution in [0.2, 0.25) is 0 Å². The highest BCUT2D eigenvalue weighted by atomic mass is 16.7. The van der Waals surface area contributed by atoms with E-state index in [-0.39, 0.29) is 48.1 Å². The number of hydrogen-bond acceptors (Lipinski definition) is 11. The number of aryl methyl sites for hydroxylation is 2. The number of carbonyl (C=O) groups excluding carboxylic acids is 2. The zero-order valence-corrected chi connectivity index (χ0v) is 21.5. The minimum atomic E-state index is -1.85. The quantitative estimate of drug-likeness (QED) is 0.222. The molecule has 0 bridgehead atoms. The fourth-order valence-corrected chi connectivity index (χ4v) is 4.08. The van der Waals surface area contributed by atoms with E-state index in [0.29, 0.717) is 24.2 Å². The Hall–Kier alpha value is -3.71. The minimum Gasteiger partial charge on any atom is -0.504 e. The molecule has 0 spiro atoms. The van der Waals surface area contributed by atoms with Gasteiger partial charge < -0.3 is 44.5 Å². The fraction of sp³-hybridized carbons (Fsp3) is 0.444. The van der Waals surface area contributed by atoms with E-state index in [0.717, 1.165) is 5.56 Å². The summed E-state index contributed by atoms with van der Waals surface area (Å²) in [5, 5.41) is 48.8. The van der Waals surface area contributed by atoms with Crippen molar-refractivity contribution in [1.29, 1.82) is 0 Å². The summed E-state index contributed by atoms with van der Waals surface area (Å²) in [6, 6.07) is 9.49. The average Bonchev–Trinajstić information content (AvgIpc) is 2.91. The third-order valence-corrected chi connectivity index (χ3v) is 6.31. The molecule has 0 unspecified atom stereocenters. The SMILES string of the molecule is COc1cc(CCC(=O)CC(=O)CCc2ccc(O[C@@H]3O[C@H](C(=O)O)[C@@H](O)[C@H](O)[C@H]3O)c(OC)c2)ccc1O. The number of phenols is 1. The number of benzene rings is 2. The molecule has 5 atom stereocenters. The Bertz CT molecular complexity index is 1180. The molecule has 0 radical (unpaired) electrons. The molecule has 2 aromatic rings. The predicted octanol–water partition coefficient (Wildman–Crippen LogP) is 0.774. The molecule has 1 aliphatic rings. The molecule has 0 aromatic heterocycles. The number of methoxy groups -OCH3 is 2. The molecule has 2 aromatic carbocycles. The summed E-state index contributed by atoms with van der Waals surface area (Å²) in [6.45, 7) is 0.